The number of pyridine rings is 3. The van der Waals surface area contributed by atoms with Gasteiger partial charge in [-0.15, -0.1) is 0 Å². The van der Waals surface area contributed by atoms with Crippen LogP contribution < -0.4 is 31.4 Å². The second kappa shape index (κ2) is 26.3. The van der Waals surface area contributed by atoms with Gasteiger partial charge in [0, 0.05) is 133 Å². The van der Waals surface area contributed by atoms with Crippen molar-refractivity contribution in [2.24, 2.45) is 0 Å². The summed E-state index contributed by atoms with van der Waals surface area (Å²) in [6.45, 7) is 28.9. The molecule has 24 heteroatoms. The van der Waals surface area contributed by atoms with Crippen LogP contribution in [-0.4, -0.2) is 183 Å². The first-order chi connectivity index (χ1) is 47.1. The van der Waals surface area contributed by atoms with Gasteiger partial charge in [0.1, 0.15) is 34.0 Å². The Morgan fingerprint density at radius 2 is 0.701 bits per heavy atom. The minimum Gasteiger partial charge on any atom is -0.368 e. The Labute approximate surface area is 562 Å². The van der Waals surface area contributed by atoms with Crippen LogP contribution in [0.4, 0.5) is 17.1 Å². The lowest BCUT2D eigenvalue weighted by Crippen LogP contribution is -2.52. The standard InChI is InChI=1S/C25H29N7O.C24H27N7O.C24H29N7O/c1-3-20-23-13-22(28-32(23)15-17(2)26-20)21-14-25(33)31-16-19(7-8-24(31)27-21)30-11-9-29(10-12-30)18-5-4-6-18;1-3-19-22-12-21(27-31(22)14-16(2)25-19)20-13-24(32)30-15-18(6-7-23(30)26-20)29-10-8-28(9-11-29)17-4-5-17;1-5-19-22-12-21(27-31(22)14-17(4)25-19)20-13-24(32)30-15-18(6-7-23(30)26-20)29-10-8-28(9-11-29)16(2)3/h7-8,13-16,18H,3-6,9-12H2,1-2H3;6-7,12-15,17H,3-5,8-11H2,1-2H3;6-7,12-16H,5,8-11H2,1-4H3. The molecule has 0 unspecified atom stereocenters. The molecule has 0 aromatic carbocycles. The fraction of sp³-hybridized carbons (Fsp3) is 0.425. The quantitative estimate of drug-likeness (QED) is 0.112. The van der Waals surface area contributed by atoms with Gasteiger partial charge in [0.15, 0.2) is 0 Å². The Hall–Kier alpha value is -9.78. The van der Waals surface area contributed by atoms with E-state index < -0.39 is 0 Å². The van der Waals surface area contributed by atoms with Crippen molar-refractivity contribution in [1.29, 1.82) is 0 Å². The summed E-state index contributed by atoms with van der Waals surface area (Å²) < 4.78 is 10.4. The summed E-state index contributed by atoms with van der Waals surface area (Å²) in [6.07, 6.45) is 20.7. The Morgan fingerprint density at radius 3 is 0.990 bits per heavy atom. The maximum absolute atomic E-state index is 13.0. The molecule has 0 spiro atoms. The molecule has 5 aliphatic rings. The van der Waals surface area contributed by atoms with Gasteiger partial charge in [0.05, 0.1) is 103 Å². The Morgan fingerprint density at radius 1 is 0.381 bits per heavy atom. The van der Waals surface area contributed by atoms with Gasteiger partial charge in [-0.2, -0.15) is 15.3 Å². The van der Waals surface area contributed by atoms with Gasteiger partial charge >= 0.3 is 0 Å². The zero-order valence-corrected chi connectivity index (χ0v) is 56.9. The van der Waals surface area contributed by atoms with Crippen molar-refractivity contribution in [3.8, 4) is 34.2 Å². The third-order valence-corrected chi connectivity index (χ3v) is 20.1. The molecular weight excluding hydrogens is 1220 g/mol. The summed E-state index contributed by atoms with van der Waals surface area (Å²) >= 11 is 0. The second-order valence-corrected chi connectivity index (χ2v) is 26.9. The van der Waals surface area contributed by atoms with E-state index in [0.29, 0.717) is 57.1 Å². The minimum absolute atomic E-state index is 0.0907. The van der Waals surface area contributed by atoms with Crippen LogP contribution in [0.1, 0.15) is 101 Å². The van der Waals surface area contributed by atoms with E-state index in [-0.39, 0.29) is 16.7 Å². The number of aryl methyl sites for hydroxylation is 6. The number of aromatic nitrogens is 15. The SMILES string of the molecule is CCc1nc(C)cn2nc(-c3cc(=O)n4cc(N5CCN(C(C)C)CC5)ccc4n3)cc12.CCc1nc(C)cn2nc(-c3cc(=O)n4cc(N5CCN(C6CC6)CC5)ccc4n3)cc12.CCc1nc(C)cn2nc(-c3cc(=O)n4cc(N5CCN(C6CCC6)CC5)ccc4n3)cc12. The first-order valence-corrected chi connectivity index (χ1v) is 34.8. The summed E-state index contributed by atoms with van der Waals surface area (Å²) in [5.74, 6) is 0. The van der Waals surface area contributed by atoms with Crippen molar-refractivity contribution in [3.63, 3.8) is 0 Å². The van der Waals surface area contributed by atoms with Crippen LogP contribution in [0, 0.1) is 20.8 Å². The highest BCUT2D eigenvalue weighted by molar-refractivity contribution is 5.70. The summed E-state index contributed by atoms with van der Waals surface area (Å²) in [4.78, 5) is 81.9. The Bertz CT molecular complexity index is 4920. The lowest BCUT2D eigenvalue weighted by atomic mass is 9.91. The normalized spacial score (nSPS) is 16.9. The first kappa shape index (κ1) is 63.3. The number of fused-ring (bicyclic) bond motifs is 6. The molecule has 0 radical (unpaired) electrons. The van der Waals surface area contributed by atoms with Crippen molar-refractivity contribution < 1.29 is 0 Å². The van der Waals surface area contributed by atoms with Crippen molar-refractivity contribution in [2.45, 2.75) is 125 Å². The van der Waals surface area contributed by atoms with Crippen LogP contribution in [0.5, 0.6) is 0 Å². The number of hydrogen-bond acceptors (Lipinski definition) is 18. The van der Waals surface area contributed by atoms with Gasteiger partial charge in [-0.25, -0.2) is 28.5 Å². The first-order valence-electron chi connectivity index (χ1n) is 34.8. The largest absolute Gasteiger partial charge is 0.368 e. The van der Waals surface area contributed by atoms with Crippen LogP contribution in [-0.2, 0) is 19.3 Å². The van der Waals surface area contributed by atoms with E-state index >= 15 is 0 Å². The fourth-order valence-corrected chi connectivity index (χ4v) is 14.3. The maximum Gasteiger partial charge on any atom is 0.258 e. The van der Waals surface area contributed by atoms with E-state index in [1.807, 2.05) is 108 Å². The maximum atomic E-state index is 13.0. The van der Waals surface area contributed by atoms with Gasteiger partial charge in [0.2, 0.25) is 0 Å². The zero-order valence-electron chi connectivity index (χ0n) is 56.9. The Balaban J connectivity index is 0.000000119. The van der Waals surface area contributed by atoms with Gasteiger partial charge in [0.25, 0.3) is 16.7 Å². The topological polar surface area (TPSA) is 213 Å². The number of rotatable bonds is 12. The molecule has 24 nitrogen and oxygen atoms in total. The molecule has 15 heterocycles. The van der Waals surface area contributed by atoms with Crippen LogP contribution in [0.25, 0.3) is 67.7 Å². The monoisotopic (exact) mass is 1300 g/mol. The second-order valence-electron chi connectivity index (χ2n) is 26.9. The molecule has 0 bridgehead atoms. The molecule has 3 saturated heterocycles. The lowest BCUT2D eigenvalue weighted by Gasteiger charge is -2.43. The molecular formula is C73H85N21O3. The lowest BCUT2D eigenvalue weighted by molar-refractivity contribution is 0.120. The van der Waals surface area contributed by atoms with Crippen molar-refractivity contribution >= 4 is 50.6 Å². The molecule has 5 fully saturated rings. The number of anilines is 3. The van der Waals surface area contributed by atoms with Crippen molar-refractivity contribution in [3.05, 3.63) is 175 Å². The summed E-state index contributed by atoms with van der Waals surface area (Å²) in [6, 6.07) is 24.8. The van der Waals surface area contributed by atoms with Crippen LogP contribution in [0.2, 0.25) is 0 Å². The smallest absolute Gasteiger partial charge is 0.258 e. The van der Waals surface area contributed by atoms with Crippen LogP contribution in [0.3, 0.4) is 0 Å². The molecule has 0 atom stereocenters. The van der Waals surface area contributed by atoms with E-state index in [4.69, 9.17) is 15.0 Å². The zero-order chi connectivity index (χ0) is 66.8. The molecule has 97 heavy (non-hydrogen) atoms. The number of piperazine rings is 3. The van der Waals surface area contributed by atoms with Crippen molar-refractivity contribution in [2.75, 3.05) is 93.2 Å². The van der Waals surface area contributed by atoms with Gasteiger partial charge < -0.3 is 14.7 Å². The third kappa shape index (κ3) is 12.8. The van der Waals surface area contributed by atoms with Gasteiger partial charge in [-0.05, 0) is 134 Å². The average Bonchev–Trinajstić information content (AvgIpc) is 1.78. The minimum atomic E-state index is -0.102. The predicted molar refractivity (Wildman–Crippen MR) is 380 cm³/mol. The van der Waals surface area contributed by atoms with Crippen LogP contribution in [0.15, 0.2) is 124 Å². The predicted octanol–water partition coefficient (Wildman–Crippen LogP) is 8.31. The van der Waals surface area contributed by atoms with E-state index in [1.165, 1.54) is 32.1 Å². The summed E-state index contributed by atoms with van der Waals surface area (Å²) in [5.41, 5.74) is 17.2. The highest BCUT2D eigenvalue weighted by atomic mass is 16.1. The summed E-state index contributed by atoms with van der Waals surface area (Å²) in [7, 11) is 0. The molecule has 0 N–H and O–H groups in total. The van der Waals surface area contributed by atoms with E-state index in [9.17, 15) is 14.4 Å². The van der Waals surface area contributed by atoms with E-state index in [0.717, 1.165) is 178 Å². The number of nitrogens with zero attached hydrogens (tertiary/aromatic N) is 21. The molecule has 17 rings (SSSR count). The molecule has 2 saturated carbocycles. The molecule has 500 valence electrons. The van der Waals surface area contributed by atoms with Crippen molar-refractivity contribution in [1.82, 2.24) is 86.6 Å². The molecule has 3 aliphatic heterocycles. The average molecular weight is 1300 g/mol. The van der Waals surface area contributed by atoms with Gasteiger partial charge in [-0.3, -0.25) is 57.2 Å². The fourth-order valence-electron chi connectivity index (χ4n) is 14.3. The Kier molecular flexibility index (Phi) is 17.2. The van der Waals surface area contributed by atoms with Gasteiger partial charge in [-0.1, -0.05) is 27.2 Å². The highest BCUT2D eigenvalue weighted by Crippen LogP contribution is 2.31. The molecule has 2 aliphatic carbocycles. The highest BCUT2D eigenvalue weighted by Gasteiger charge is 2.32. The summed E-state index contributed by atoms with van der Waals surface area (Å²) in [5, 5.41) is 14.0. The van der Waals surface area contributed by atoms with E-state index in [2.05, 4.69) is 112 Å². The molecule has 0 amide bonds. The molecule has 12 aromatic heterocycles. The third-order valence-electron chi connectivity index (χ3n) is 20.1. The van der Waals surface area contributed by atoms with E-state index in [1.54, 1.807) is 31.4 Å². The molecule has 12 aromatic rings. The number of hydrogen-bond donors (Lipinski definition) is 0. The van der Waals surface area contributed by atoms with Crippen LogP contribution >= 0.6 is 0 Å².